The van der Waals surface area contributed by atoms with Crippen molar-refractivity contribution in [2.75, 3.05) is 24.7 Å². The maximum Gasteiger partial charge on any atom is 0.107 e. The van der Waals surface area contributed by atoms with Gasteiger partial charge in [-0.05, 0) is 137 Å². The molecule has 34 heavy (non-hydrogen) atoms. The molecule has 2 N–H and O–H groups in total. The zero-order valence-electron chi connectivity index (χ0n) is 21.2. The summed E-state index contributed by atoms with van der Waals surface area (Å²) in [6, 6.07) is 8.95. The summed E-state index contributed by atoms with van der Waals surface area (Å²) in [5, 5.41) is 7.56. The third kappa shape index (κ3) is 3.45. The van der Waals surface area contributed by atoms with E-state index in [0.717, 1.165) is 35.5 Å². The number of benzene rings is 1. The fourth-order valence-electron chi connectivity index (χ4n) is 10.6. The van der Waals surface area contributed by atoms with Gasteiger partial charge in [0.2, 0.25) is 0 Å². The van der Waals surface area contributed by atoms with E-state index in [1.54, 1.807) is 0 Å². The fraction of sp³-hybridized carbons (Fsp3) is 0.733. The number of hydrogen-bond donors (Lipinski definition) is 2. The van der Waals surface area contributed by atoms with Crippen LogP contribution in [0, 0.1) is 46.3 Å². The zero-order chi connectivity index (χ0) is 22.9. The van der Waals surface area contributed by atoms with Gasteiger partial charge in [0.1, 0.15) is 11.7 Å². The van der Waals surface area contributed by atoms with Gasteiger partial charge in [-0.3, -0.25) is 9.98 Å². The van der Waals surface area contributed by atoms with Crippen molar-refractivity contribution >= 4 is 23.0 Å². The van der Waals surface area contributed by atoms with Crippen LogP contribution in [0.25, 0.3) is 0 Å². The van der Waals surface area contributed by atoms with E-state index in [2.05, 4.69) is 34.9 Å². The van der Waals surface area contributed by atoms with E-state index in [9.17, 15) is 0 Å². The molecule has 4 heteroatoms. The Morgan fingerprint density at radius 2 is 0.824 bits per heavy atom. The molecule has 0 amide bonds. The topological polar surface area (TPSA) is 48.8 Å². The van der Waals surface area contributed by atoms with Crippen molar-refractivity contribution in [3.63, 3.8) is 0 Å². The van der Waals surface area contributed by atoms with Gasteiger partial charge in [0, 0.05) is 36.3 Å². The lowest BCUT2D eigenvalue weighted by Gasteiger charge is -2.57. The number of amidine groups is 2. The minimum Gasteiger partial charge on any atom is -0.344 e. The van der Waals surface area contributed by atoms with Crippen LogP contribution < -0.4 is 10.6 Å². The Morgan fingerprint density at radius 1 is 0.559 bits per heavy atom. The lowest BCUT2D eigenvalue weighted by atomic mass is 9.49. The van der Waals surface area contributed by atoms with E-state index in [1.165, 1.54) is 100 Å². The molecule has 0 unspecified atom stereocenters. The predicted octanol–water partition coefficient (Wildman–Crippen LogP) is 7.00. The summed E-state index contributed by atoms with van der Waals surface area (Å²) >= 11 is 0. The summed E-state index contributed by atoms with van der Waals surface area (Å²) in [7, 11) is 3.98. The van der Waals surface area contributed by atoms with Crippen LogP contribution in [0.1, 0.15) is 77.0 Å². The van der Waals surface area contributed by atoms with Crippen LogP contribution in [0.5, 0.6) is 0 Å². The molecule has 9 rings (SSSR count). The first-order valence-corrected chi connectivity index (χ1v) is 14.1. The second kappa shape index (κ2) is 7.83. The van der Waals surface area contributed by atoms with E-state index < -0.39 is 0 Å². The number of nitrogens with one attached hydrogen (secondary N) is 2. The predicted molar refractivity (Wildman–Crippen MR) is 142 cm³/mol. The Labute approximate surface area is 205 Å². The molecule has 4 nitrogen and oxygen atoms in total. The molecule has 1 aromatic rings. The molecule has 8 saturated carbocycles. The third-order valence-corrected chi connectivity index (χ3v) is 10.9. The summed E-state index contributed by atoms with van der Waals surface area (Å²) in [4.78, 5) is 9.67. The summed E-state index contributed by atoms with van der Waals surface area (Å²) < 4.78 is 0. The van der Waals surface area contributed by atoms with Gasteiger partial charge in [-0.15, -0.1) is 0 Å². The van der Waals surface area contributed by atoms with Gasteiger partial charge >= 0.3 is 0 Å². The molecule has 1 aromatic carbocycles. The second-order valence-corrected chi connectivity index (χ2v) is 13.4. The molecule has 182 valence electrons. The van der Waals surface area contributed by atoms with Gasteiger partial charge in [-0.2, -0.15) is 0 Å². The van der Waals surface area contributed by atoms with Crippen LogP contribution in [0.3, 0.4) is 0 Å². The second-order valence-electron chi connectivity index (χ2n) is 13.4. The Morgan fingerprint density at radius 3 is 1.06 bits per heavy atom. The highest BCUT2D eigenvalue weighted by atomic mass is 15.0. The normalized spacial score (nSPS) is 44.5. The summed E-state index contributed by atoms with van der Waals surface area (Å²) in [6.07, 6.45) is 16.9. The van der Waals surface area contributed by atoms with Crippen molar-refractivity contribution in [1.82, 2.24) is 0 Å². The third-order valence-electron chi connectivity index (χ3n) is 10.9. The molecule has 0 heterocycles. The zero-order valence-corrected chi connectivity index (χ0v) is 21.2. The highest BCUT2D eigenvalue weighted by Gasteiger charge is 2.54. The van der Waals surface area contributed by atoms with Crippen LogP contribution in [-0.2, 0) is 0 Å². The Hall–Kier alpha value is -1.84. The average molecular weight is 459 g/mol. The van der Waals surface area contributed by atoms with Gasteiger partial charge in [-0.25, -0.2) is 0 Å². The Kier molecular flexibility index (Phi) is 4.94. The number of rotatable bonds is 4. The van der Waals surface area contributed by atoms with Gasteiger partial charge < -0.3 is 10.6 Å². The monoisotopic (exact) mass is 458 g/mol. The first-order chi connectivity index (χ1) is 16.5. The van der Waals surface area contributed by atoms with Crippen molar-refractivity contribution < 1.29 is 0 Å². The van der Waals surface area contributed by atoms with Crippen LogP contribution in [0.4, 0.5) is 11.4 Å². The smallest absolute Gasteiger partial charge is 0.107 e. The lowest BCUT2D eigenvalue weighted by Crippen LogP contribution is -2.52. The van der Waals surface area contributed by atoms with Crippen LogP contribution >= 0.6 is 0 Å². The minimum atomic E-state index is 0.307. The van der Waals surface area contributed by atoms with E-state index in [4.69, 9.17) is 9.98 Å². The van der Waals surface area contributed by atoms with E-state index in [0.29, 0.717) is 10.8 Å². The molecule has 8 bridgehead atoms. The van der Waals surface area contributed by atoms with Crippen molar-refractivity contribution in [2.45, 2.75) is 77.0 Å². The van der Waals surface area contributed by atoms with E-state index >= 15 is 0 Å². The minimum absolute atomic E-state index is 0.307. The highest BCUT2D eigenvalue weighted by Crippen LogP contribution is 2.61. The molecular formula is C30H42N4. The van der Waals surface area contributed by atoms with Gasteiger partial charge in [0.15, 0.2) is 0 Å². The largest absolute Gasteiger partial charge is 0.344 e. The standard InChI is InChI=1S/C30H42N4/c1-31-27(29-13-19-7-20(14-29)9-21(8-19)15-29)33-25-3-5-26(6-4-25)34-28(32-2)30-16-22-10-23(17-30)12-24(11-22)18-30/h3-6,19-24H,7-18H2,1-2H3,(H,31,33)(H,32,34). The summed E-state index contributed by atoms with van der Waals surface area (Å²) in [5.41, 5.74) is 2.96. The van der Waals surface area contributed by atoms with E-state index in [-0.39, 0.29) is 0 Å². The van der Waals surface area contributed by atoms with Crippen LogP contribution in [-0.4, -0.2) is 25.8 Å². The van der Waals surface area contributed by atoms with Crippen molar-refractivity contribution in [2.24, 2.45) is 56.3 Å². The molecule has 8 aliphatic carbocycles. The summed E-state index contributed by atoms with van der Waals surface area (Å²) in [6.45, 7) is 0. The van der Waals surface area contributed by atoms with E-state index in [1.807, 2.05) is 14.1 Å². The molecular weight excluding hydrogens is 416 g/mol. The molecule has 0 spiro atoms. The maximum absolute atomic E-state index is 4.83. The molecule has 0 aromatic heterocycles. The highest BCUT2D eigenvalue weighted by molar-refractivity contribution is 6.02. The molecule has 0 saturated heterocycles. The Balaban J connectivity index is 1.06. The molecule has 8 fully saturated rings. The first-order valence-electron chi connectivity index (χ1n) is 14.1. The molecule has 0 aliphatic heterocycles. The van der Waals surface area contributed by atoms with Crippen molar-refractivity contribution in [3.05, 3.63) is 24.3 Å². The number of anilines is 2. The number of nitrogens with zero attached hydrogens (tertiary/aromatic N) is 2. The van der Waals surface area contributed by atoms with Crippen LogP contribution in [0.2, 0.25) is 0 Å². The lowest BCUT2D eigenvalue weighted by molar-refractivity contribution is -0.0124. The SMILES string of the molecule is CN=C(Nc1ccc(NC(=NC)C23CC4CC(CC(C4)C2)C3)cc1)C12CC3CC(CC(C3)C1)C2. The van der Waals surface area contributed by atoms with Crippen LogP contribution in [0.15, 0.2) is 34.3 Å². The molecule has 8 aliphatic rings. The molecule has 0 radical (unpaired) electrons. The molecule has 0 atom stereocenters. The summed E-state index contributed by atoms with van der Waals surface area (Å²) in [5.74, 6) is 8.12. The van der Waals surface area contributed by atoms with Gasteiger partial charge in [0.05, 0.1) is 0 Å². The number of hydrogen-bond acceptors (Lipinski definition) is 2. The van der Waals surface area contributed by atoms with Gasteiger partial charge in [-0.1, -0.05) is 0 Å². The number of aliphatic imine (C=N–C) groups is 2. The quantitative estimate of drug-likeness (QED) is 0.377. The first kappa shape index (κ1) is 21.4. The maximum atomic E-state index is 4.83. The van der Waals surface area contributed by atoms with Crippen molar-refractivity contribution in [1.29, 1.82) is 0 Å². The van der Waals surface area contributed by atoms with Gasteiger partial charge in [0.25, 0.3) is 0 Å². The average Bonchev–Trinajstić information content (AvgIpc) is 2.80. The Bertz CT molecular complexity index is 852. The fourth-order valence-corrected chi connectivity index (χ4v) is 10.6. The van der Waals surface area contributed by atoms with Crippen molar-refractivity contribution in [3.8, 4) is 0 Å².